The van der Waals surface area contributed by atoms with Crippen LogP contribution < -0.4 is 39.3 Å². The first kappa shape index (κ1) is 27.4. The molecule has 0 unspecified atom stereocenters. The van der Waals surface area contributed by atoms with Gasteiger partial charge in [0.15, 0.2) is 17.2 Å². The molecule has 178 valence electrons. The van der Waals surface area contributed by atoms with E-state index in [0.717, 1.165) is 0 Å². The number of carbonyl (C=O) groups is 2. The molecular weight excluding hydrogens is 465 g/mol. The molecule has 0 bridgehead atoms. The standard InChI is InChI=1S/C22H30FO8P.Na/c1-12-8-16-15-5-4-13-9-14(24)6-7-19(13,2)21(15,23)17(25)10-20(16,3)22(12,27)18(26)11-31-32(28,29)30;/h6-7,9,12,15-17,25,27H,4-5,8,10-11H2,1-3H3,(H2,28,29,30);/q;+1/p-2/t12-,15+,16+,17+,19+,20+,21+,22+;/m1./s1. The molecule has 0 aromatic carbocycles. The summed E-state index contributed by atoms with van der Waals surface area (Å²) in [6.45, 7) is 3.80. The molecule has 4 rings (SSSR count). The molecule has 0 spiro atoms. The zero-order chi connectivity index (χ0) is 23.9. The number of halogens is 1. The number of ketones is 2. The predicted molar refractivity (Wildman–Crippen MR) is 106 cm³/mol. The van der Waals surface area contributed by atoms with E-state index >= 15 is 4.39 Å². The smallest absolute Gasteiger partial charge is 0.790 e. The molecule has 0 heterocycles. The fourth-order valence-corrected chi connectivity index (χ4v) is 7.66. The van der Waals surface area contributed by atoms with Gasteiger partial charge in [0, 0.05) is 16.7 Å². The summed E-state index contributed by atoms with van der Waals surface area (Å²) in [5, 5.41) is 22.8. The number of aliphatic hydroxyl groups excluding tert-OH is 1. The summed E-state index contributed by atoms with van der Waals surface area (Å²) in [6, 6.07) is 0. The number of alkyl halides is 1. The van der Waals surface area contributed by atoms with Crippen molar-refractivity contribution in [2.45, 2.75) is 63.8 Å². The molecule has 3 fully saturated rings. The van der Waals surface area contributed by atoms with Crippen molar-refractivity contribution in [3.05, 3.63) is 23.8 Å². The molecule has 0 saturated heterocycles. The number of phosphoric ester groups is 1. The van der Waals surface area contributed by atoms with E-state index in [9.17, 15) is 34.2 Å². The van der Waals surface area contributed by atoms with Gasteiger partial charge < -0.3 is 29.1 Å². The van der Waals surface area contributed by atoms with Crippen molar-refractivity contribution in [2.24, 2.45) is 28.6 Å². The summed E-state index contributed by atoms with van der Waals surface area (Å²) < 4.78 is 32.0. The molecule has 0 aromatic rings. The van der Waals surface area contributed by atoms with E-state index in [2.05, 4.69) is 4.52 Å². The molecule has 0 amide bonds. The largest absolute Gasteiger partial charge is 1.00 e. The van der Waals surface area contributed by atoms with Crippen LogP contribution in [0.1, 0.15) is 46.5 Å². The second-order valence-corrected chi connectivity index (χ2v) is 11.5. The number of fused-ring (bicyclic) bond motifs is 5. The van der Waals surface area contributed by atoms with Gasteiger partial charge in [-0.3, -0.25) is 9.59 Å². The van der Waals surface area contributed by atoms with E-state index in [0.29, 0.717) is 18.4 Å². The number of rotatable bonds is 4. The van der Waals surface area contributed by atoms with Gasteiger partial charge in [-0.1, -0.05) is 25.5 Å². The van der Waals surface area contributed by atoms with Gasteiger partial charge in [-0.15, -0.1) is 0 Å². The van der Waals surface area contributed by atoms with Gasteiger partial charge >= 0.3 is 29.6 Å². The van der Waals surface area contributed by atoms with Crippen LogP contribution in [0.5, 0.6) is 0 Å². The second-order valence-electron chi connectivity index (χ2n) is 10.3. The van der Waals surface area contributed by atoms with Crippen LogP contribution in [0.3, 0.4) is 0 Å². The summed E-state index contributed by atoms with van der Waals surface area (Å²) in [5.74, 6) is -3.06. The Morgan fingerprint density at radius 2 is 1.97 bits per heavy atom. The van der Waals surface area contributed by atoms with Gasteiger partial charge in [0.2, 0.25) is 0 Å². The van der Waals surface area contributed by atoms with Crippen LogP contribution in [0.15, 0.2) is 23.8 Å². The zero-order valence-corrected chi connectivity index (χ0v) is 22.1. The normalized spacial score (nSPS) is 46.5. The Balaban J connectivity index is 0.00000306. The molecule has 8 atom stereocenters. The number of hydrogen-bond donors (Lipinski definition) is 2. The first-order chi connectivity index (χ1) is 14.6. The molecule has 3 saturated carbocycles. The number of hydrogen-bond acceptors (Lipinski definition) is 8. The molecule has 4 aliphatic rings. The molecule has 2 N–H and O–H groups in total. The summed E-state index contributed by atoms with van der Waals surface area (Å²) in [5.41, 5.74) is -6.03. The van der Waals surface area contributed by atoms with Crippen LogP contribution in [-0.4, -0.2) is 45.8 Å². The Kier molecular flexibility index (Phi) is 6.99. The summed E-state index contributed by atoms with van der Waals surface area (Å²) in [7, 11) is -5.43. The van der Waals surface area contributed by atoms with Crippen molar-refractivity contribution in [1.29, 1.82) is 0 Å². The van der Waals surface area contributed by atoms with E-state index < -0.39 is 66.2 Å². The van der Waals surface area contributed by atoms with E-state index in [-0.39, 0.29) is 48.2 Å². The van der Waals surface area contributed by atoms with E-state index in [1.54, 1.807) is 20.8 Å². The van der Waals surface area contributed by atoms with Gasteiger partial charge in [-0.2, -0.15) is 0 Å². The third kappa shape index (κ3) is 3.66. The molecule has 8 nitrogen and oxygen atoms in total. The average Bonchev–Trinajstić information content (AvgIpc) is 2.89. The Bertz CT molecular complexity index is 979. The Morgan fingerprint density at radius 3 is 2.58 bits per heavy atom. The summed E-state index contributed by atoms with van der Waals surface area (Å²) >= 11 is 0. The maximum Gasteiger partial charge on any atom is 1.00 e. The average molecular weight is 493 g/mol. The molecule has 0 aromatic heterocycles. The Morgan fingerprint density at radius 1 is 1.33 bits per heavy atom. The Hall–Kier alpha value is -0.220. The fraction of sp³-hybridized carbons (Fsp3) is 0.727. The maximum atomic E-state index is 17.0. The first-order valence-corrected chi connectivity index (χ1v) is 12.3. The van der Waals surface area contributed by atoms with Crippen molar-refractivity contribution < 1.29 is 72.6 Å². The van der Waals surface area contributed by atoms with Crippen molar-refractivity contribution in [3.63, 3.8) is 0 Å². The third-order valence-electron chi connectivity index (χ3n) is 9.00. The van der Waals surface area contributed by atoms with Crippen LogP contribution in [0, 0.1) is 28.6 Å². The maximum absolute atomic E-state index is 17.0. The number of carbonyl (C=O) groups excluding carboxylic acids is 2. The molecule has 0 aliphatic heterocycles. The zero-order valence-electron chi connectivity index (χ0n) is 19.2. The van der Waals surface area contributed by atoms with Gasteiger partial charge in [0.1, 0.15) is 12.2 Å². The summed E-state index contributed by atoms with van der Waals surface area (Å²) in [6.07, 6.45) is 3.54. The molecule has 4 aliphatic carbocycles. The molecular formula is C22H28FNaO8P-. The molecule has 0 radical (unpaired) electrons. The topological polar surface area (TPSA) is 147 Å². The van der Waals surface area contributed by atoms with Crippen molar-refractivity contribution in [1.82, 2.24) is 0 Å². The quantitative estimate of drug-likeness (QED) is 0.330. The van der Waals surface area contributed by atoms with Gasteiger partial charge in [0.25, 0.3) is 0 Å². The summed E-state index contributed by atoms with van der Waals surface area (Å²) in [4.78, 5) is 46.6. The predicted octanol–water partition coefficient (Wildman–Crippen LogP) is -2.25. The van der Waals surface area contributed by atoms with Crippen molar-refractivity contribution in [3.8, 4) is 0 Å². The molecule has 11 heteroatoms. The SMILES string of the molecule is C[C@@H]1C[C@H]2[C@@H]3CCC4=CC(=O)C=C[C@]4(C)[C@@]3(F)[C@@H](O)C[C@]2(C)[C@@]1(O)C(=O)COP(=O)([O-])[O-].[Na+]. The van der Waals surface area contributed by atoms with E-state index in [4.69, 9.17) is 0 Å². The van der Waals surface area contributed by atoms with E-state index in [1.165, 1.54) is 18.2 Å². The van der Waals surface area contributed by atoms with Crippen LogP contribution in [0.25, 0.3) is 0 Å². The van der Waals surface area contributed by atoms with Crippen LogP contribution in [0.2, 0.25) is 0 Å². The number of allylic oxidation sites excluding steroid dienone is 4. The van der Waals surface area contributed by atoms with Crippen LogP contribution in [0.4, 0.5) is 4.39 Å². The first-order valence-electron chi connectivity index (χ1n) is 10.8. The minimum atomic E-state index is -5.43. The third-order valence-corrected chi connectivity index (χ3v) is 9.45. The number of aliphatic hydroxyl groups is 2. The monoisotopic (exact) mass is 493 g/mol. The number of Topliss-reactive ketones (excluding diaryl/α,β-unsaturated/α-hetero) is 1. The van der Waals surface area contributed by atoms with Gasteiger partial charge in [-0.05, 0) is 56.6 Å². The minimum absolute atomic E-state index is 0. The fourth-order valence-electron chi connectivity index (χ4n) is 7.39. The minimum Gasteiger partial charge on any atom is -0.790 e. The van der Waals surface area contributed by atoms with Crippen molar-refractivity contribution >= 4 is 19.4 Å². The van der Waals surface area contributed by atoms with Crippen LogP contribution >= 0.6 is 7.82 Å². The van der Waals surface area contributed by atoms with Gasteiger partial charge in [0.05, 0.1) is 13.9 Å². The van der Waals surface area contributed by atoms with E-state index in [1.807, 2.05) is 0 Å². The van der Waals surface area contributed by atoms with Crippen molar-refractivity contribution in [2.75, 3.05) is 6.61 Å². The Labute approximate surface area is 214 Å². The second kappa shape index (κ2) is 8.43. The number of phosphoric acid groups is 1. The molecule has 33 heavy (non-hydrogen) atoms. The van der Waals surface area contributed by atoms with Gasteiger partial charge in [-0.25, -0.2) is 4.39 Å². The van der Waals surface area contributed by atoms with Crippen LogP contribution in [-0.2, 0) is 18.7 Å².